The van der Waals surface area contributed by atoms with E-state index in [0.29, 0.717) is 30.6 Å². The lowest BCUT2D eigenvalue weighted by Gasteiger charge is -2.31. The van der Waals surface area contributed by atoms with Gasteiger partial charge < -0.3 is 9.09 Å². The minimum absolute atomic E-state index is 0.224. The van der Waals surface area contributed by atoms with E-state index in [0.717, 1.165) is 12.8 Å². The van der Waals surface area contributed by atoms with Gasteiger partial charge in [0.1, 0.15) is 10.6 Å². The summed E-state index contributed by atoms with van der Waals surface area (Å²) >= 11 is 0. The SMILES string of the molecule is Cc1noc(C)c1S(=O)(=O)N1CCC(n2cccc2)CC1. The Kier molecular flexibility index (Phi) is 3.62. The standard InChI is InChI=1S/C14H19N3O3S/c1-11-14(12(2)20-15-11)21(18,19)17-9-5-13(6-10-17)16-7-3-4-8-16/h3-4,7-8,13H,5-6,9-10H2,1-2H3. The van der Waals surface area contributed by atoms with E-state index in [1.165, 1.54) is 0 Å². The molecule has 3 rings (SSSR count). The second-order valence-corrected chi connectivity index (χ2v) is 7.29. The van der Waals surface area contributed by atoms with Crippen LogP contribution < -0.4 is 0 Å². The van der Waals surface area contributed by atoms with Crippen LogP contribution in [-0.4, -0.2) is 35.5 Å². The van der Waals surface area contributed by atoms with E-state index < -0.39 is 10.0 Å². The topological polar surface area (TPSA) is 68.3 Å². The highest BCUT2D eigenvalue weighted by atomic mass is 32.2. The van der Waals surface area contributed by atoms with Crippen LogP contribution in [-0.2, 0) is 10.0 Å². The van der Waals surface area contributed by atoms with Crippen LogP contribution in [0.5, 0.6) is 0 Å². The Labute approximate surface area is 124 Å². The summed E-state index contributed by atoms with van der Waals surface area (Å²) < 4.78 is 34.1. The monoisotopic (exact) mass is 309 g/mol. The summed E-state index contributed by atoms with van der Waals surface area (Å²) in [6.07, 6.45) is 5.70. The third-order valence-corrected chi connectivity index (χ3v) is 6.18. The molecule has 0 saturated carbocycles. The molecule has 0 N–H and O–H groups in total. The molecule has 3 heterocycles. The number of sulfonamides is 1. The van der Waals surface area contributed by atoms with Gasteiger partial charge in [0.05, 0.1) is 0 Å². The van der Waals surface area contributed by atoms with Gasteiger partial charge in [0.2, 0.25) is 10.0 Å². The molecule has 0 atom stereocenters. The highest BCUT2D eigenvalue weighted by Gasteiger charge is 2.33. The zero-order valence-electron chi connectivity index (χ0n) is 12.2. The highest BCUT2D eigenvalue weighted by Crippen LogP contribution is 2.29. The first-order chi connectivity index (χ1) is 10.00. The highest BCUT2D eigenvalue weighted by molar-refractivity contribution is 7.89. The maximum absolute atomic E-state index is 12.7. The van der Waals surface area contributed by atoms with Crippen LogP contribution in [0.25, 0.3) is 0 Å². The van der Waals surface area contributed by atoms with Gasteiger partial charge in [0.25, 0.3) is 0 Å². The maximum atomic E-state index is 12.7. The zero-order chi connectivity index (χ0) is 15.0. The minimum atomic E-state index is -3.50. The van der Waals surface area contributed by atoms with Gasteiger partial charge in [0, 0.05) is 31.5 Å². The summed E-state index contributed by atoms with van der Waals surface area (Å²) in [5.41, 5.74) is 0.431. The maximum Gasteiger partial charge on any atom is 0.248 e. The number of piperidine rings is 1. The van der Waals surface area contributed by atoms with Crippen molar-refractivity contribution in [3.63, 3.8) is 0 Å². The normalized spacial score (nSPS) is 18.2. The van der Waals surface area contributed by atoms with Gasteiger partial charge in [-0.05, 0) is 38.8 Å². The van der Waals surface area contributed by atoms with E-state index in [-0.39, 0.29) is 4.90 Å². The fourth-order valence-corrected chi connectivity index (χ4v) is 4.70. The Morgan fingerprint density at radius 2 is 1.81 bits per heavy atom. The fourth-order valence-electron chi connectivity index (χ4n) is 2.94. The van der Waals surface area contributed by atoms with Crippen molar-refractivity contribution >= 4 is 10.0 Å². The minimum Gasteiger partial charge on any atom is -0.360 e. The van der Waals surface area contributed by atoms with Gasteiger partial charge in [-0.3, -0.25) is 0 Å². The molecular weight excluding hydrogens is 290 g/mol. The quantitative estimate of drug-likeness (QED) is 0.871. The molecular formula is C14H19N3O3S. The predicted molar refractivity (Wildman–Crippen MR) is 77.4 cm³/mol. The Morgan fingerprint density at radius 3 is 2.33 bits per heavy atom. The van der Waals surface area contributed by atoms with Crippen molar-refractivity contribution in [2.24, 2.45) is 0 Å². The van der Waals surface area contributed by atoms with Gasteiger partial charge in [-0.15, -0.1) is 0 Å². The molecule has 2 aromatic heterocycles. The van der Waals surface area contributed by atoms with E-state index in [4.69, 9.17) is 4.52 Å². The predicted octanol–water partition coefficient (Wildman–Crippen LogP) is 2.12. The third kappa shape index (κ3) is 2.51. The van der Waals surface area contributed by atoms with Gasteiger partial charge in [0.15, 0.2) is 5.76 Å². The van der Waals surface area contributed by atoms with E-state index >= 15 is 0 Å². The van der Waals surface area contributed by atoms with Crippen LogP contribution in [0.2, 0.25) is 0 Å². The zero-order valence-corrected chi connectivity index (χ0v) is 13.0. The molecule has 0 spiro atoms. The van der Waals surface area contributed by atoms with Crippen LogP contribution in [0, 0.1) is 13.8 Å². The van der Waals surface area contributed by atoms with Crippen molar-refractivity contribution in [2.75, 3.05) is 13.1 Å². The lowest BCUT2D eigenvalue weighted by molar-refractivity contribution is 0.274. The Morgan fingerprint density at radius 1 is 1.19 bits per heavy atom. The van der Waals surface area contributed by atoms with Crippen molar-refractivity contribution in [3.8, 4) is 0 Å². The van der Waals surface area contributed by atoms with Crippen LogP contribution >= 0.6 is 0 Å². The molecule has 0 aliphatic carbocycles. The summed E-state index contributed by atoms with van der Waals surface area (Å²) in [7, 11) is -3.50. The second kappa shape index (κ2) is 5.31. The molecule has 21 heavy (non-hydrogen) atoms. The first-order valence-electron chi connectivity index (χ1n) is 7.05. The first kappa shape index (κ1) is 14.3. The smallest absolute Gasteiger partial charge is 0.248 e. The third-order valence-electron chi connectivity index (χ3n) is 4.04. The van der Waals surface area contributed by atoms with Crippen LogP contribution in [0.15, 0.2) is 33.9 Å². The van der Waals surface area contributed by atoms with Crippen molar-refractivity contribution < 1.29 is 12.9 Å². The average Bonchev–Trinajstić information content (AvgIpc) is 3.09. The molecule has 1 aliphatic heterocycles. The van der Waals surface area contributed by atoms with E-state index in [2.05, 4.69) is 9.72 Å². The molecule has 1 fully saturated rings. The van der Waals surface area contributed by atoms with Gasteiger partial charge in [-0.2, -0.15) is 4.31 Å². The molecule has 0 bridgehead atoms. The summed E-state index contributed by atoms with van der Waals surface area (Å²) in [5.74, 6) is 0.361. The van der Waals surface area contributed by atoms with E-state index in [1.54, 1.807) is 18.2 Å². The number of aryl methyl sites for hydroxylation is 2. The molecule has 0 radical (unpaired) electrons. The Hall–Kier alpha value is -1.60. The number of nitrogens with zero attached hydrogens (tertiary/aromatic N) is 3. The van der Waals surface area contributed by atoms with E-state index in [9.17, 15) is 8.42 Å². The number of aromatic nitrogens is 2. The summed E-state index contributed by atoms with van der Waals surface area (Å²) in [6.45, 7) is 4.35. The molecule has 1 saturated heterocycles. The van der Waals surface area contributed by atoms with Crippen molar-refractivity contribution in [1.29, 1.82) is 0 Å². The molecule has 0 amide bonds. The second-order valence-electron chi connectivity index (χ2n) is 5.42. The van der Waals surface area contributed by atoms with E-state index in [1.807, 2.05) is 24.5 Å². The Balaban J connectivity index is 1.77. The van der Waals surface area contributed by atoms with Crippen molar-refractivity contribution in [1.82, 2.24) is 14.0 Å². The molecule has 6 nitrogen and oxygen atoms in total. The van der Waals surface area contributed by atoms with Gasteiger partial charge >= 0.3 is 0 Å². The summed E-state index contributed by atoms with van der Waals surface area (Å²) in [4.78, 5) is 0.224. The lowest BCUT2D eigenvalue weighted by atomic mass is 10.1. The van der Waals surface area contributed by atoms with Crippen LogP contribution in [0.3, 0.4) is 0 Å². The molecule has 1 aliphatic rings. The van der Waals surface area contributed by atoms with Crippen LogP contribution in [0.4, 0.5) is 0 Å². The molecule has 114 valence electrons. The first-order valence-corrected chi connectivity index (χ1v) is 8.49. The molecule has 2 aromatic rings. The summed E-state index contributed by atoms with van der Waals surface area (Å²) in [6, 6.07) is 4.36. The molecule has 0 unspecified atom stereocenters. The van der Waals surface area contributed by atoms with Crippen LogP contribution in [0.1, 0.15) is 30.3 Å². The summed E-state index contributed by atoms with van der Waals surface area (Å²) in [5, 5.41) is 3.75. The number of rotatable bonds is 3. The Bertz CT molecular complexity index is 691. The average molecular weight is 309 g/mol. The van der Waals surface area contributed by atoms with Crippen molar-refractivity contribution in [3.05, 3.63) is 36.0 Å². The number of hydrogen-bond donors (Lipinski definition) is 0. The molecule has 7 heteroatoms. The van der Waals surface area contributed by atoms with Gasteiger partial charge in [-0.25, -0.2) is 8.42 Å². The lowest BCUT2D eigenvalue weighted by Crippen LogP contribution is -2.39. The number of hydrogen-bond acceptors (Lipinski definition) is 4. The largest absolute Gasteiger partial charge is 0.360 e. The van der Waals surface area contributed by atoms with Gasteiger partial charge in [-0.1, -0.05) is 5.16 Å². The fraction of sp³-hybridized carbons (Fsp3) is 0.500. The molecule has 0 aromatic carbocycles. The van der Waals surface area contributed by atoms with Crippen molar-refractivity contribution in [2.45, 2.75) is 37.6 Å².